The van der Waals surface area contributed by atoms with Crippen LogP contribution in [-0.2, 0) is 16.0 Å². The summed E-state index contributed by atoms with van der Waals surface area (Å²) in [6, 6.07) is 9.43. The lowest BCUT2D eigenvalue weighted by Gasteiger charge is -2.17. The van der Waals surface area contributed by atoms with Crippen molar-refractivity contribution in [2.24, 2.45) is 11.7 Å². The van der Waals surface area contributed by atoms with Crippen LogP contribution in [0.15, 0.2) is 30.3 Å². The molecule has 2 unspecified atom stereocenters. The fraction of sp³-hybridized carbons (Fsp3) is 0.417. The van der Waals surface area contributed by atoms with Crippen molar-refractivity contribution < 1.29 is 9.53 Å². The average molecular weight is 207 g/mol. The quantitative estimate of drug-likeness (QED) is 0.758. The van der Waals surface area contributed by atoms with Gasteiger partial charge in [0.15, 0.2) is 0 Å². The number of hydrogen-bond acceptors (Lipinski definition) is 3. The minimum absolute atomic E-state index is 0.0832. The zero-order valence-corrected chi connectivity index (χ0v) is 9.14. The standard InChI is InChI=1S/C12H17NO2/c1-9(11(13)12(14)15-2)8-10-6-4-3-5-7-10/h3-7,9,11H,8,13H2,1-2H3. The molecule has 0 heterocycles. The summed E-state index contributed by atoms with van der Waals surface area (Å²) in [6.45, 7) is 1.95. The van der Waals surface area contributed by atoms with E-state index in [9.17, 15) is 4.79 Å². The summed E-state index contributed by atoms with van der Waals surface area (Å²) in [7, 11) is 1.36. The first kappa shape index (κ1) is 11.7. The van der Waals surface area contributed by atoms with Crippen molar-refractivity contribution in [1.29, 1.82) is 0 Å². The van der Waals surface area contributed by atoms with Crippen LogP contribution >= 0.6 is 0 Å². The molecular formula is C12H17NO2. The van der Waals surface area contributed by atoms with E-state index >= 15 is 0 Å². The maximum Gasteiger partial charge on any atom is 0.322 e. The Morgan fingerprint density at radius 3 is 2.53 bits per heavy atom. The molecule has 1 aromatic rings. The number of carbonyl (C=O) groups excluding carboxylic acids is 1. The highest BCUT2D eigenvalue weighted by molar-refractivity contribution is 5.75. The molecule has 0 aliphatic rings. The normalized spacial score (nSPS) is 14.3. The van der Waals surface area contributed by atoms with Crippen LogP contribution in [0.3, 0.4) is 0 Å². The Morgan fingerprint density at radius 1 is 1.40 bits per heavy atom. The molecule has 1 rings (SSSR count). The minimum Gasteiger partial charge on any atom is -0.468 e. The second-order valence-electron chi connectivity index (χ2n) is 3.72. The van der Waals surface area contributed by atoms with Gasteiger partial charge < -0.3 is 10.5 Å². The maximum absolute atomic E-state index is 11.2. The highest BCUT2D eigenvalue weighted by Crippen LogP contribution is 2.11. The molecule has 0 aromatic heterocycles. The van der Waals surface area contributed by atoms with Gasteiger partial charge in [0, 0.05) is 0 Å². The van der Waals surface area contributed by atoms with E-state index in [0.29, 0.717) is 0 Å². The molecule has 2 N–H and O–H groups in total. The molecule has 3 heteroatoms. The number of benzene rings is 1. The van der Waals surface area contributed by atoms with Crippen molar-refractivity contribution >= 4 is 5.97 Å². The molecule has 1 aromatic carbocycles. The van der Waals surface area contributed by atoms with Crippen LogP contribution in [0.2, 0.25) is 0 Å². The first-order valence-corrected chi connectivity index (χ1v) is 5.02. The van der Waals surface area contributed by atoms with E-state index in [4.69, 9.17) is 5.73 Å². The van der Waals surface area contributed by atoms with Gasteiger partial charge in [-0.25, -0.2) is 0 Å². The lowest BCUT2D eigenvalue weighted by Crippen LogP contribution is -2.38. The van der Waals surface area contributed by atoms with Crippen molar-refractivity contribution in [2.45, 2.75) is 19.4 Å². The van der Waals surface area contributed by atoms with Crippen LogP contribution in [0, 0.1) is 5.92 Å². The fourth-order valence-electron chi connectivity index (χ4n) is 1.48. The number of esters is 1. The molecule has 0 aliphatic heterocycles. The van der Waals surface area contributed by atoms with Gasteiger partial charge in [-0.1, -0.05) is 37.3 Å². The molecule has 3 nitrogen and oxygen atoms in total. The Labute approximate surface area is 90.2 Å². The van der Waals surface area contributed by atoms with Crippen molar-refractivity contribution in [3.8, 4) is 0 Å². The van der Waals surface area contributed by atoms with Gasteiger partial charge in [-0.3, -0.25) is 4.79 Å². The Morgan fingerprint density at radius 2 is 2.00 bits per heavy atom. The van der Waals surface area contributed by atoms with E-state index in [1.807, 2.05) is 37.3 Å². The average Bonchev–Trinajstić information content (AvgIpc) is 2.28. The predicted molar refractivity (Wildman–Crippen MR) is 59.3 cm³/mol. The molecular weight excluding hydrogens is 190 g/mol. The van der Waals surface area contributed by atoms with Crippen LogP contribution in [0.25, 0.3) is 0 Å². The van der Waals surface area contributed by atoms with Crippen molar-refractivity contribution in [3.05, 3.63) is 35.9 Å². The molecule has 0 radical (unpaired) electrons. The van der Waals surface area contributed by atoms with Gasteiger partial charge in [0.2, 0.25) is 0 Å². The maximum atomic E-state index is 11.2. The number of carbonyl (C=O) groups is 1. The fourth-order valence-corrected chi connectivity index (χ4v) is 1.48. The number of methoxy groups -OCH3 is 1. The van der Waals surface area contributed by atoms with Crippen LogP contribution in [0.5, 0.6) is 0 Å². The van der Waals surface area contributed by atoms with Gasteiger partial charge in [0.1, 0.15) is 6.04 Å². The number of hydrogen-bond donors (Lipinski definition) is 1. The number of nitrogens with two attached hydrogens (primary N) is 1. The van der Waals surface area contributed by atoms with Crippen LogP contribution in [0.4, 0.5) is 0 Å². The Bertz CT molecular complexity index is 311. The number of rotatable bonds is 4. The number of ether oxygens (including phenoxy) is 1. The summed E-state index contributed by atoms with van der Waals surface area (Å²) in [5, 5.41) is 0. The second kappa shape index (κ2) is 5.51. The van der Waals surface area contributed by atoms with E-state index in [1.54, 1.807) is 0 Å². The highest BCUT2D eigenvalue weighted by atomic mass is 16.5. The first-order valence-electron chi connectivity index (χ1n) is 5.02. The van der Waals surface area contributed by atoms with Crippen LogP contribution in [0.1, 0.15) is 12.5 Å². The topological polar surface area (TPSA) is 52.3 Å². The minimum atomic E-state index is -0.546. The molecule has 0 spiro atoms. The second-order valence-corrected chi connectivity index (χ2v) is 3.72. The molecule has 0 fully saturated rings. The summed E-state index contributed by atoms with van der Waals surface area (Å²) in [5.41, 5.74) is 6.93. The molecule has 2 atom stereocenters. The predicted octanol–water partition coefficient (Wildman–Crippen LogP) is 1.37. The monoisotopic (exact) mass is 207 g/mol. The third-order valence-electron chi connectivity index (χ3n) is 2.49. The smallest absolute Gasteiger partial charge is 0.322 e. The first-order chi connectivity index (χ1) is 7.15. The Balaban J connectivity index is 2.56. The van der Waals surface area contributed by atoms with Gasteiger partial charge in [-0.2, -0.15) is 0 Å². The Kier molecular flexibility index (Phi) is 4.31. The molecule has 0 saturated carbocycles. The van der Waals surface area contributed by atoms with Gasteiger partial charge in [-0.15, -0.1) is 0 Å². The summed E-state index contributed by atoms with van der Waals surface area (Å²) < 4.78 is 4.61. The molecule has 0 amide bonds. The molecule has 15 heavy (non-hydrogen) atoms. The summed E-state index contributed by atoms with van der Waals surface area (Å²) >= 11 is 0. The van der Waals surface area contributed by atoms with Gasteiger partial charge in [0.05, 0.1) is 7.11 Å². The largest absolute Gasteiger partial charge is 0.468 e. The zero-order valence-electron chi connectivity index (χ0n) is 9.14. The molecule has 82 valence electrons. The lowest BCUT2D eigenvalue weighted by atomic mass is 9.94. The zero-order chi connectivity index (χ0) is 11.3. The third kappa shape index (κ3) is 3.36. The summed E-state index contributed by atoms with van der Waals surface area (Å²) in [4.78, 5) is 11.2. The van der Waals surface area contributed by atoms with E-state index in [1.165, 1.54) is 12.7 Å². The van der Waals surface area contributed by atoms with Gasteiger partial charge in [-0.05, 0) is 17.9 Å². The van der Waals surface area contributed by atoms with Crippen molar-refractivity contribution in [1.82, 2.24) is 0 Å². The van der Waals surface area contributed by atoms with Gasteiger partial charge in [0.25, 0.3) is 0 Å². The molecule has 0 bridgehead atoms. The van der Waals surface area contributed by atoms with E-state index in [-0.39, 0.29) is 11.9 Å². The Hall–Kier alpha value is -1.35. The van der Waals surface area contributed by atoms with Crippen LogP contribution < -0.4 is 5.73 Å². The van der Waals surface area contributed by atoms with Crippen LogP contribution in [-0.4, -0.2) is 19.1 Å². The van der Waals surface area contributed by atoms with E-state index in [2.05, 4.69) is 4.74 Å². The van der Waals surface area contributed by atoms with Crippen molar-refractivity contribution in [3.63, 3.8) is 0 Å². The summed E-state index contributed by atoms with van der Waals surface area (Å²) in [6.07, 6.45) is 0.789. The lowest BCUT2D eigenvalue weighted by molar-refractivity contribution is -0.143. The molecule has 0 saturated heterocycles. The van der Waals surface area contributed by atoms with Gasteiger partial charge >= 0.3 is 5.97 Å². The van der Waals surface area contributed by atoms with Crippen molar-refractivity contribution in [2.75, 3.05) is 7.11 Å². The van der Waals surface area contributed by atoms with E-state index in [0.717, 1.165) is 6.42 Å². The third-order valence-corrected chi connectivity index (χ3v) is 2.49. The molecule has 0 aliphatic carbocycles. The highest BCUT2D eigenvalue weighted by Gasteiger charge is 2.21. The van der Waals surface area contributed by atoms with E-state index < -0.39 is 6.04 Å². The SMILES string of the molecule is COC(=O)C(N)C(C)Cc1ccccc1. The summed E-state index contributed by atoms with van der Waals surface area (Å²) in [5.74, 6) is -0.265.